The van der Waals surface area contributed by atoms with Gasteiger partial charge < -0.3 is 10.7 Å². The molecule has 3 aromatic rings. The molecule has 29 heavy (non-hydrogen) atoms. The Hall–Kier alpha value is -3.29. The summed E-state index contributed by atoms with van der Waals surface area (Å²) in [5.74, 6) is 0. The van der Waals surface area contributed by atoms with E-state index >= 15 is 0 Å². The number of hydrogen-bond acceptors (Lipinski definition) is 2. The third-order valence-corrected chi connectivity index (χ3v) is 4.59. The predicted molar refractivity (Wildman–Crippen MR) is 108 cm³/mol. The second-order valence-corrected chi connectivity index (χ2v) is 6.71. The quantitative estimate of drug-likeness (QED) is 0.384. The Morgan fingerprint density at radius 3 is 2.55 bits per heavy atom. The van der Waals surface area contributed by atoms with Crippen LogP contribution < -0.4 is 11.2 Å². The molecule has 0 atom stereocenters. The molecule has 0 aliphatic carbocycles. The van der Waals surface area contributed by atoms with Crippen molar-refractivity contribution < 1.29 is 18.0 Å². The molecule has 0 unspecified atom stereocenters. The van der Waals surface area contributed by atoms with Gasteiger partial charge in [-0.1, -0.05) is 31.5 Å². The molecule has 2 aromatic carbocycles. The van der Waals surface area contributed by atoms with Crippen molar-refractivity contribution in [2.75, 3.05) is 0 Å². The first-order valence-electron chi connectivity index (χ1n) is 9.20. The highest BCUT2D eigenvalue weighted by atomic mass is 19.4. The van der Waals surface area contributed by atoms with Gasteiger partial charge in [-0.15, -0.1) is 0 Å². The number of nitrogens with zero attached hydrogens (tertiary/aromatic N) is 1. The lowest BCUT2D eigenvalue weighted by atomic mass is 10.0. The Kier molecular flexibility index (Phi) is 5.91. The summed E-state index contributed by atoms with van der Waals surface area (Å²) in [6.07, 6.45) is 0.0829. The lowest BCUT2D eigenvalue weighted by Gasteiger charge is -2.07. The summed E-state index contributed by atoms with van der Waals surface area (Å²) < 4.78 is 38.6. The molecule has 0 bridgehead atoms. The maximum absolute atomic E-state index is 12.9. The fourth-order valence-electron chi connectivity index (χ4n) is 3.14. The average molecular weight is 402 g/mol. The molecule has 0 saturated heterocycles. The molecule has 0 saturated carbocycles. The van der Waals surface area contributed by atoms with E-state index in [4.69, 9.17) is 5.73 Å². The van der Waals surface area contributed by atoms with Crippen LogP contribution in [0.3, 0.4) is 0 Å². The fourth-order valence-corrected chi connectivity index (χ4v) is 3.14. The van der Waals surface area contributed by atoms with E-state index in [-0.39, 0.29) is 0 Å². The zero-order valence-electron chi connectivity index (χ0n) is 15.8. The van der Waals surface area contributed by atoms with E-state index in [1.54, 1.807) is 0 Å². The number of H-pyrrole nitrogens is 1. The van der Waals surface area contributed by atoms with Crippen LogP contribution in [0, 0.1) is 0 Å². The molecule has 0 radical (unpaired) electrons. The molecule has 8 heteroatoms. The van der Waals surface area contributed by atoms with Crippen molar-refractivity contribution in [1.82, 2.24) is 10.4 Å². The van der Waals surface area contributed by atoms with Gasteiger partial charge in [-0.05, 0) is 48.2 Å². The zero-order chi connectivity index (χ0) is 21.0. The number of fused-ring (bicyclic) bond motifs is 1. The number of halogens is 3. The lowest BCUT2D eigenvalue weighted by molar-refractivity contribution is -0.137. The molecule has 152 valence electrons. The van der Waals surface area contributed by atoms with Crippen LogP contribution in [0.1, 0.15) is 36.5 Å². The Labute approximate surface area is 165 Å². The normalized spacial score (nSPS) is 12.0. The third kappa shape index (κ3) is 4.77. The van der Waals surface area contributed by atoms with Gasteiger partial charge in [0.15, 0.2) is 0 Å². The van der Waals surface area contributed by atoms with E-state index in [0.717, 1.165) is 47.9 Å². The van der Waals surface area contributed by atoms with Crippen LogP contribution in [-0.2, 0) is 12.6 Å². The molecule has 0 fully saturated rings. The van der Waals surface area contributed by atoms with Crippen molar-refractivity contribution in [3.63, 3.8) is 0 Å². The van der Waals surface area contributed by atoms with Crippen LogP contribution in [0.15, 0.2) is 47.6 Å². The van der Waals surface area contributed by atoms with Crippen LogP contribution in [0.2, 0.25) is 0 Å². The van der Waals surface area contributed by atoms with E-state index in [1.165, 1.54) is 18.3 Å². The number of primary amides is 1. The van der Waals surface area contributed by atoms with Crippen LogP contribution >= 0.6 is 0 Å². The minimum Gasteiger partial charge on any atom is -0.354 e. The molecular formula is C21H21F3N4O. The average Bonchev–Trinajstić information content (AvgIpc) is 3.03. The van der Waals surface area contributed by atoms with Gasteiger partial charge in [0.25, 0.3) is 0 Å². The number of carbonyl (C=O) groups is 1. The molecule has 4 N–H and O–H groups in total. The number of nitrogens with one attached hydrogen (secondary N) is 2. The smallest absolute Gasteiger partial charge is 0.354 e. The number of aromatic nitrogens is 1. The highest BCUT2D eigenvalue weighted by Gasteiger charge is 2.30. The third-order valence-electron chi connectivity index (χ3n) is 4.59. The maximum Gasteiger partial charge on any atom is 0.416 e. The minimum absolute atomic E-state index is 0.574. The summed E-state index contributed by atoms with van der Waals surface area (Å²) in [5, 5.41) is 4.71. The summed E-state index contributed by atoms with van der Waals surface area (Å²) in [6.45, 7) is 2.12. The van der Waals surface area contributed by atoms with Gasteiger partial charge in [0.05, 0.1) is 17.5 Å². The zero-order valence-corrected chi connectivity index (χ0v) is 15.8. The van der Waals surface area contributed by atoms with E-state index in [9.17, 15) is 18.0 Å². The summed E-state index contributed by atoms with van der Waals surface area (Å²) in [5.41, 5.74) is 10.3. The Balaban J connectivity index is 2.09. The van der Waals surface area contributed by atoms with Crippen molar-refractivity contribution in [1.29, 1.82) is 0 Å². The number of urea groups is 1. The second kappa shape index (κ2) is 8.38. The summed E-state index contributed by atoms with van der Waals surface area (Å²) in [6, 6.07) is 10.1. The minimum atomic E-state index is -4.40. The van der Waals surface area contributed by atoms with Crippen molar-refractivity contribution in [2.24, 2.45) is 10.8 Å². The maximum atomic E-state index is 12.9. The van der Waals surface area contributed by atoms with E-state index in [2.05, 4.69) is 22.4 Å². The molecule has 0 aliphatic rings. The van der Waals surface area contributed by atoms with Crippen molar-refractivity contribution in [2.45, 2.75) is 32.4 Å². The number of amides is 2. The first-order chi connectivity index (χ1) is 13.8. The monoisotopic (exact) mass is 402 g/mol. The number of aryl methyl sites for hydroxylation is 1. The fraction of sp³-hybridized carbons (Fsp3) is 0.238. The highest BCUT2D eigenvalue weighted by molar-refractivity contribution is 6.06. The molecule has 1 heterocycles. The predicted octanol–water partition coefficient (Wildman–Crippen LogP) is 5.20. The van der Waals surface area contributed by atoms with E-state index < -0.39 is 17.8 Å². The van der Waals surface area contributed by atoms with Crippen molar-refractivity contribution in [3.8, 4) is 11.3 Å². The van der Waals surface area contributed by atoms with Crippen LogP contribution in [-0.4, -0.2) is 17.2 Å². The standard InChI is InChI=1S/C21H21F3N4O/c1-2-3-4-13-5-10-18-16(11-13)17(12-26-28-20(25)29)19(27-18)14-6-8-15(9-7-14)21(22,23)24/h5-12,27H,2-4H2,1H3,(H3,25,28,29). The number of hydrogen-bond donors (Lipinski definition) is 3. The molecular weight excluding hydrogens is 381 g/mol. The first-order valence-corrected chi connectivity index (χ1v) is 9.20. The summed E-state index contributed by atoms with van der Waals surface area (Å²) in [7, 11) is 0. The summed E-state index contributed by atoms with van der Waals surface area (Å²) >= 11 is 0. The van der Waals surface area contributed by atoms with Gasteiger partial charge in [0.2, 0.25) is 0 Å². The SMILES string of the molecule is CCCCc1ccc2[nH]c(-c3ccc(C(F)(F)F)cc3)c(C=NNC(N)=O)c2c1. The number of carbonyl (C=O) groups excluding carboxylic acids is 1. The van der Waals surface area contributed by atoms with Crippen LogP contribution in [0.25, 0.3) is 22.2 Å². The number of benzene rings is 2. The molecule has 3 rings (SSSR count). The molecule has 2 amide bonds. The topological polar surface area (TPSA) is 83.3 Å². The van der Waals surface area contributed by atoms with Crippen LogP contribution in [0.4, 0.5) is 18.0 Å². The first kappa shape index (κ1) is 20.4. The number of unbranched alkanes of at least 4 members (excludes halogenated alkanes) is 1. The Bertz CT molecular complexity index is 1040. The highest BCUT2D eigenvalue weighted by Crippen LogP contribution is 2.33. The second-order valence-electron chi connectivity index (χ2n) is 6.71. The number of nitrogens with two attached hydrogens (primary N) is 1. The number of alkyl halides is 3. The van der Waals surface area contributed by atoms with Gasteiger partial charge in [0, 0.05) is 16.5 Å². The molecule has 0 spiro atoms. The molecule has 0 aliphatic heterocycles. The Morgan fingerprint density at radius 1 is 1.21 bits per heavy atom. The van der Waals surface area contributed by atoms with Crippen molar-refractivity contribution >= 4 is 23.1 Å². The number of hydrazone groups is 1. The number of rotatable bonds is 6. The van der Waals surface area contributed by atoms with Crippen molar-refractivity contribution in [3.05, 3.63) is 59.2 Å². The van der Waals surface area contributed by atoms with Gasteiger partial charge in [-0.3, -0.25) is 0 Å². The van der Waals surface area contributed by atoms with E-state index in [0.29, 0.717) is 16.8 Å². The molecule has 1 aromatic heterocycles. The lowest BCUT2D eigenvalue weighted by Crippen LogP contribution is -2.24. The Morgan fingerprint density at radius 2 is 1.93 bits per heavy atom. The van der Waals surface area contributed by atoms with E-state index in [1.807, 2.05) is 18.2 Å². The summed E-state index contributed by atoms with van der Waals surface area (Å²) in [4.78, 5) is 14.2. The van der Waals surface area contributed by atoms with Gasteiger partial charge in [0.1, 0.15) is 0 Å². The van der Waals surface area contributed by atoms with Gasteiger partial charge in [-0.2, -0.15) is 18.3 Å². The van der Waals surface area contributed by atoms with Crippen LogP contribution in [0.5, 0.6) is 0 Å². The number of aromatic amines is 1. The van der Waals surface area contributed by atoms with Gasteiger partial charge in [-0.25, -0.2) is 10.2 Å². The molecule has 5 nitrogen and oxygen atoms in total. The van der Waals surface area contributed by atoms with Gasteiger partial charge >= 0.3 is 12.2 Å². The largest absolute Gasteiger partial charge is 0.416 e.